The highest BCUT2D eigenvalue weighted by atomic mass is 32.1. The van der Waals surface area contributed by atoms with E-state index in [1.165, 1.54) is 0 Å². The van der Waals surface area contributed by atoms with Crippen LogP contribution in [0.25, 0.3) is 0 Å². The van der Waals surface area contributed by atoms with E-state index in [4.69, 9.17) is 5.73 Å². The molecule has 1 atom stereocenters. The van der Waals surface area contributed by atoms with Gasteiger partial charge >= 0.3 is 0 Å². The highest BCUT2D eigenvalue weighted by Crippen LogP contribution is 2.34. The van der Waals surface area contributed by atoms with Crippen LogP contribution >= 0.6 is 11.3 Å². The van der Waals surface area contributed by atoms with Crippen molar-refractivity contribution in [3.05, 3.63) is 22.4 Å². The lowest BCUT2D eigenvalue weighted by Gasteiger charge is -2.32. The quantitative estimate of drug-likeness (QED) is 0.763. The molecule has 0 radical (unpaired) electrons. The molecule has 1 rings (SSSR count). The first kappa shape index (κ1) is 19.6. The van der Waals surface area contributed by atoms with Crippen LogP contribution in [0.2, 0.25) is 0 Å². The molecule has 0 aliphatic carbocycles. The third-order valence-electron chi connectivity index (χ3n) is 3.37. The predicted octanol–water partition coefficient (Wildman–Crippen LogP) is 2.39. The molecule has 1 heterocycles. The molecule has 130 valence electrons. The molecule has 0 aliphatic heterocycles. The minimum Gasteiger partial charge on any atom is -0.369 e. The second-order valence-corrected chi connectivity index (χ2v) is 8.39. The number of hydrogen-bond acceptors (Lipinski definition) is 4. The lowest BCUT2D eigenvalue weighted by Crippen LogP contribution is -2.45. The largest absolute Gasteiger partial charge is 0.369 e. The Bertz CT molecular complexity index is 506. The minimum absolute atomic E-state index is 0.0514. The lowest BCUT2D eigenvalue weighted by atomic mass is 9.85. The molecule has 1 aromatic rings. The van der Waals surface area contributed by atoms with Gasteiger partial charge in [-0.3, -0.25) is 14.5 Å². The maximum atomic E-state index is 12.5. The number of amides is 2. The Balaban J connectivity index is 2.75. The summed E-state index contributed by atoms with van der Waals surface area (Å²) in [7, 11) is 0. The van der Waals surface area contributed by atoms with Crippen LogP contribution in [0.1, 0.15) is 45.5 Å². The molecule has 0 spiro atoms. The third-order valence-corrected chi connectivity index (χ3v) is 4.31. The fourth-order valence-electron chi connectivity index (χ4n) is 2.50. The number of rotatable bonds is 8. The standard InChI is InChI=1S/C17H29N3O2S/c1-12(2)9-20(10-14(18)21)11-15(22)19-16(17(3,4)5)13-7-6-8-23-13/h6-8,12,16H,9-11H2,1-5H3,(H2,18,21)(H,19,22). The van der Waals surface area contributed by atoms with E-state index in [0.717, 1.165) is 4.88 Å². The number of carbonyl (C=O) groups is 2. The Morgan fingerprint density at radius 3 is 2.39 bits per heavy atom. The molecule has 23 heavy (non-hydrogen) atoms. The molecule has 6 heteroatoms. The Morgan fingerprint density at radius 2 is 1.96 bits per heavy atom. The van der Waals surface area contributed by atoms with Crippen molar-refractivity contribution in [3.8, 4) is 0 Å². The molecule has 1 unspecified atom stereocenters. The zero-order valence-electron chi connectivity index (χ0n) is 14.8. The number of nitrogens with one attached hydrogen (secondary N) is 1. The van der Waals surface area contributed by atoms with E-state index in [0.29, 0.717) is 12.5 Å². The van der Waals surface area contributed by atoms with E-state index in [2.05, 4.69) is 39.9 Å². The van der Waals surface area contributed by atoms with Gasteiger partial charge < -0.3 is 11.1 Å². The molecule has 3 N–H and O–H groups in total. The summed E-state index contributed by atoms with van der Waals surface area (Å²) in [5.41, 5.74) is 5.19. The summed E-state index contributed by atoms with van der Waals surface area (Å²) in [4.78, 5) is 26.6. The van der Waals surface area contributed by atoms with Gasteiger partial charge in [-0.25, -0.2) is 0 Å². The van der Waals surface area contributed by atoms with Gasteiger partial charge in [0.2, 0.25) is 11.8 Å². The normalized spacial score (nSPS) is 13.3. The molecule has 0 aliphatic rings. The van der Waals surface area contributed by atoms with Crippen LogP contribution in [0, 0.1) is 11.3 Å². The van der Waals surface area contributed by atoms with Crippen molar-refractivity contribution in [2.45, 2.75) is 40.7 Å². The second kappa shape index (κ2) is 8.45. The summed E-state index contributed by atoms with van der Waals surface area (Å²) in [6.07, 6.45) is 0. The number of primary amides is 1. The van der Waals surface area contributed by atoms with Crippen LogP contribution in [0.5, 0.6) is 0 Å². The van der Waals surface area contributed by atoms with E-state index in [1.807, 2.05) is 17.5 Å². The zero-order valence-corrected chi connectivity index (χ0v) is 15.6. The molecule has 0 aromatic carbocycles. The molecule has 5 nitrogen and oxygen atoms in total. The number of nitrogens with zero attached hydrogens (tertiary/aromatic N) is 1. The Labute approximate surface area is 143 Å². The first-order valence-electron chi connectivity index (χ1n) is 7.93. The van der Waals surface area contributed by atoms with Gasteiger partial charge in [-0.05, 0) is 22.8 Å². The van der Waals surface area contributed by atoms with Crippen molar-refractivity contribution >= 4 is 23.2 Å². The van der Waals surface area contributed by atoms with E-state index in [1.54, 1.807) is 16.2 Å². The van der Waals surface area contributed by atoms with Gasteiger partial charge in [0.15, 0.2) is 0 Å². The summed E-state index contributed by atoms with van der Waals surface area (Å²) in [6, 6.07) is 3.98. The second-order valence-electron chi connectivity index (χ2n) is 7.41. The smallest absolute Gasteiger partial charge is 0.234 e. The number of nitrogens with two attached hydrogens (primary N) is 1. The first-order valence-corrected chi connectivity index (χ1v) is 8.81. The molecular weight excluding hydrogens is 310 g/mol. The zero-order chi connectivity index (χ0) is 17.6. The van der Waals surface area contributed by atoms with Gasteiger partial charge in [0.1, 0.15) is 0 Å². The van der Waals surface area contributed by atoms with E-state index in [-0.39, 0.29) is 30.5 Å². The van der Waals surface area contributed by atoms with Crippen molar-refractivity contribution in [1.29, 1.82) is 0 Å². The number of hydrogen-bond donors (Lipinski definition) is 2. The van der Waals surface area contributed by atoms with Gasteiger partial charge in [-0.1, -0.05) is 40.7 Å². The van der Waals surface area contributed by atoms with Crippen LogP contribution in [0.15, 0.2) is 17.5 Å². The average Bonchev–Trinajstić information content (AvgIpc) is 2.85. The Morgan fingerprint density at radius 1 is 1.30 bits per heavy atom. The molecule has 0 saturated carbocycles. The van der Waals surface area contributed by atoms with E-state index >= 15 is 0 Å². The molecule has 1 aromatic heterocycles. The van der Waals surface area contributed by atoms with Crippen molar-refractivity contribution in [1.82, 2.24) is 10.2 Å². The van der Waals surface area contributed by atoms with Crippen molar-refractivity contribution < 1.29 is 9.59 Å². The van der Waals surface area contributed by atoms with Crippen molar-refractivity contribution in [2.75, 3.05) is 19.6 Å². The van der Waals surface area contributed by atoms with Crippen LogP contribution in [0.3, 0.4) is 0 Å². The molecular formula is C17H29N3O2S. The molecule has 0 saturated heterocycles. The fraction of sp³-hybridized carbons (Fsp3) is 0.647. The number of thiophene rings is 1. The Kier molecular flexibility index (Phi) is 7.22. The van der Waals surface area contributed by atoms with Crippen LogP contribution in [-0.4, -0.2) is 36.3 Å². The SMILES string of the molecule is CC(C)CN(CC(N)=O)CC(=O)NC(c1cccs1)C(C)(C)C. The molecule has 2 amide bonds. The van der Waals surface area contributed by atoms with Gasteiger partial charge in [-0.15, -0.1) is 11.3 Å². The van der Waals surface area contributed by atoms with Gasteiger partial charge in [0.25, 0.3) is 0 Å². The summed E-state index contributed by atoms with van der Waals surface area (Å²) in [5, 5.41) is 5.13. The minimum atomic E-state index is -0.413. The summed E-state index contributed by atoms with van der Waals surface area (Å²) in [5.74, 6) is -0.137. The van der Waals surface area contributed by atoms with Crippen LogP contribution in [-0.2, 0) is 9.59 Å². The van der Waals surface area contributed by atoms with Crippen molar-refractivity contribution in [3.63, 3.8) is 0 Å². The average molecular weight is 340 g/mol. The van der Waals surface area contributed by atoms with Crippen LogP contribution < -0.4 is 11.1 Å². The topological polar surface area (TPSA) is 75.4 Å². The lowest BCUT2D eigenvalue weighted by molar-refractivity contribution is -0.125. The summed E-state index contributed by atoms with van der Waals surface area (Å²) in [6.45, 7) is 11.4. The fourth-order valence-corrected chi connectivity index (χ4v) is 3.52. The summed E-state index contributed by atoms with van der Waals surface area (Å²) >= 11 is 1.64. The monoisotopic (exact) mass is 339 g/mol. The first-order chi connectivity index (χ1) is 10.6. The van der Waals surface area contributed by atoms with Gasteiger partial charge in [0, 0.05) is 11.4 Å². The highest BCUT2D eigenvalue weighted by molar-refractivity contribution is 7.10. The Hall–Kier alpha value is -1.40. The maximum Gasteiger partial charge on any atom is 0.234 e. The predicted molar refractivity (Wildman–Crippen MR) is 95.1 cm³/mol. The number of carbonyl (C=O) groups excluding carboxylic acids is 2. The van der Waals surface area contributed by atoms with Crippen LogP contribution in [0.4, 0.5) is 0 Å². The molecule has 0 fully saturated rings. The van der Waals surface area contributed by atoms with Crippen molar-refractivity contribution in [2.24, 2.45) is 17.1 Å². The molecule has 0 bridgehead atoms. The van der Waals surface area contributed by atoms with Gasteiger partial charge in [0.05, 0.1) is 19.1 Å². The maximum absolute atomic E-state index is 12.5. The van der Waals surface area contributed by atoms with Gasteiger partial charge in [-0.2, -0.15) is 0 Å². The van der Waals surface area contributed by atoms with E-state index < -0.39 is 5.91 Å². The van der Waals surface area contributed by atoms with E-state index in [9.17, 15) is 9.59 Å². The highest BCUT2D eigenvalue weighted by Gasteiger charge is 2.29. The third kappa shape index (κ3) is 7.14. The summed E-state index contributed by atoms with van der Waals surface area (Å²) < 4.78 is 0.